The first-order valence-electron chi connectivity index (χ1n) is 5.71. The zero-order chi connectivity index (χ0) is 14.7. The Bertz CT molecular complexity index is 719. The molecule has 7 nitrogen and oxygen atoms in total. The molecule has 2 N–H and O–H groups in total. The average Bonchev–Trinajstić information content (AvgIpc) is 2.77. The number of carbonyl (C=O) groups excluding carboxylic acids is 1. The van der Waals surface area contributed by atoms with E-state index in [0.717, 1.165) is 0 Å². The first-order valence-corrected chi connectivity index (χ1v) is 6.59. The lowest BCUT2D eigenvalue weighted by Gasteiger charge is -2.06. The van der Waals surface area contributed by atoms with Gasteiger partial charge in [-0.25, -0.2) is 0 Å². The highest BCUT2D eigenvalue weighted by Crippen LogP contribution is 2.22. The number of nitrogens with zero attached hydrogens (tertiary/aromatic N) is 2. The standard InChI is InChI=1S/C12H12N4O3S/c1-8-2-3-9(6-10(8)16(18)19)14-11(17)7-15-4-5-20-12(15)13/h2-6,13H,7H2,1H3,(H,14,17). The number of thiazole rings is 1. The molecule has 0 atom stereocenters. The zero-order valence-corrected chi connectivity index (χ0v) is 11.4. The average molecular weight is 292 g/mol. The maximum Gasteiger partial charge on any atom is 0.274 e. The van der Waals surface area contributed by atoms with Crippen LogP contribution in [0.25, 0.3) is 0 Å². The summed E-state index contributed by atoms with van der Waals surface area (Å²) in [5, 5.41) is 22.7. The normalized spacial score (nSPS) is 10.2. The number of nitro groups is 1. The number of anilines is 1. The molecule has 0 saturated carbocycles. The molecule has 20 heavy (non-hydrogen) atoms. The molecule has 1 amide bonds. The Morgan fingerprint density at radius 1 is 1.55 bits per heavy atom. The summed E-state index contributed by atoms with van der Waals surface area (Å²) in [4.78, 5) is 22.4. The number of carbonyl (C=O) groups is 1. The number of hydrogen-bond acceptors (Lipinski definition) is 5. The molecule has 0 aliphatic rings. The summed E-state index contributed by atoms with van der Waals surface area (Å²) in [6.07, 6.45) is 1.64. The Labute approximate surface area is 118 Å². The number of nitro benzene ring substituents is 1. The zero-order valence-electron chi connectivity index (χ0n) is 10.6. The minimum Gasteiger partial charge on any atom is -0.324 e. The van der Waals surface area contributed by atoms with E-state index in [2.05, 4.69) is 5.32 Å². The number of nitrogens with one attached hydrogen (secondary N) is 2. The molecule has 104 valence electrons. The second kappa shape index (κ2) is 5.66. The molecule has 0 radical (unpaired) electrons. The van der Waals surface area contributed by atoms with Gasteiger partial charge in [-0.05, 0) is 13.0 Å². The molecular weight excluding hydrogens is 280 g/mol. The summed E-state index contributed by atoms with van der Waals surface area (Å²) in [7, 11) is 0. The number of benzene rings is 1. The predicted molar refractivity (Wildman–Crippen MR) is 74.6 cm³/mol. The molecule has 0 bridgehead atoms. The first kappa shape index (κ1) is 13.9. The van der Waals surface area contributed by atoms with Gasteiger partial charge in [-0.1, -0.05) is 6.07 Å². The maximum absolute atomic E-state index is 11.8. The highest BCUT2D eigenvalue weighted by atomic mass is 32.1. The van der Waals surface area contributed by atoms with Gasteiger partial charge in [0.05, 0.1) is 4.92 Å². The van der Waals surface area contributed by atoms with Crippen molar-refractivity contribution in [3.63, 3.8) is 0 Å². The topological polar surface area (TPSA) is 101 Å². The smallest absolute Gasteiger partial charge is 0.274 e. The van der Waals surface area contributed by atoms with Crippen molar-refractivity contribution in [2.24, 2.45) is 0 Å². The molecule has 1 aromatic heterocycles. The van der Waals surface area contributed by atoms with E-state index < -0.39 is 4.92 Å². The van der Waals surface area contributed by atoms with Gasteiger partial charge >= 0.3 is 0 Å². The Morgan fingerprint density at radius 3 is 2.90 bits per heavy atom. The van der Waals surface area contributed by atoms with Gasteiger partial charge in [-0.15, -0.1) is 11.3 Å². The fourth-order valence-corrected chi connectivity index (χ4v) is 2.26. The SMILES string of the molecule is Cc1ccc(NC(=O)Cn2ccsc2=N)cc1[N+](=O)[O-]. The van der Waals surface area contributed by atoms with E-state index in [1.165, 1.54) is 22.0 Å². The number of aromatic nitrogens is 1. The molecule has 0 aliphatic heterocycles. The lowest BCUT2D eigenvalue weighted by molar-refractivity contribution is -0.385. The van der Waals surface area contributed by atoms with Crippen LogP contribution in [0.15, 0.2) is 29.8 Å². The van der Waals surface area contributed by atoms with Gasteiger partial charge < -0.3 is 9.88 Å². The quantitative estimate of drug-likeness (QED) is 0.664. The molecule has 0 fully saturated rings. The Kier molecular flexibility index (Phi) is 3.94. The van der Waals surface area contributed by atoms with Gasteiger partial charge in [-0.2, -0.15) is 0 Å². The molecule has 0 unspecified atom stereocenters. The van der Waals surface area contributed by atoms with Crippen LogP contribution in [0.4, 0.5) is 11.4 Å². The monoisotopic (exact) mass is 292 g/mol. The molecule has 1 heterocycles. The van der Waals surface area contributed by atoms with Crippen LogP contribution in [0.2, 0.25) is 0 Å². The second-order valence-electron chi connectivity index (χ2n) is 4.14. The molecule has 2 aromatic rings. The number of hydrogen-bond donors (Lipinski definition) is 2. The van der Waals surface area contributed by atoms with Crippen LogP contribution in [0.1, 0.15) is 5.56 Å². The van der Waals surface area contributed by atoms with Crippen LogP contribution in [-0.4, -0.2) is 15.4 Å². The summed E-state index contributed by atoms with van der Waals surface area (Å²) in [5.41, 5.74) is 0.871. The van der Waals surface area contributed by atoms with E-state index in [9.17, 15) is 14.9 Å². The molecule has 8 heteroatoms. The molecule has 2 rings (SSSR count). The lowest BCUT2D eigenvalue weighted by atomic mass is 10.2. The van der Waals surface area contributed by atoms with Crippen molar-refractivity contribution < 1.29 is 9.72 Å². The van der Waals surface area contributed by atoms with Crippen LogP contribution >= 0.6 is 11.3 Å². The summed E-state index contributed by atoms with van der Waals surface area (Å²) < 4.78 is 1.49. The second-order valence-corrected chi connectivity index (χ2v) is 5.04. The van der Waals surface area contributed by atoms with Crippen LogP contribution in [0, 0.1) is 22.4 Å². The number of amides is 1. The molecule has 0 aliphatic carbocycles. The van der Waals surface area contributed by atoms with Crippen molar-refractivity contribution in [2.45, 2.75) is 13.5 Å². The number of aryl methyl sites for hydroxylation is 1. The van der Waals surface area contributed by atoms with E-state index >= 15 is 0 Å². The Morgan fingerprint density at radius 2 is 2.30 bits per heavy atom. The van der Waals surface area contributed by atoms with Crippen molar-refractivity contribution in [3.05, 3.63) is 50.3 Å². The van der Waals surface area contributed by atoms with Gasteiger partial charge in [0, 0.05) is 28.9 Å². The van der Waals surface area contributed by atoms with Crippen molar-refractivity contribution in [1.82, 2.24) is 4.57 Å². The van der Waals surface area contributed by atoms with E-state index in [0.29, 0.717) is 11.3 Å². The Hall–Kier alpha value is -2.48. The highest BCUT2D eigenvalue weighted by Gasteiger charge is 2.12. The number of rotatable bonds is 4. The van der Waals surface area contributed by atoms with Crippen molar-refractivity contribution >= 4 is 28.6 Å². The maximum atomic E-state index is 11.8. The van der Waals surface area contributed by atoms with Gasteiger partial charge in [0.15, 0.2) is 4.80 Å². The third-order valence-corrected chi connectivity index (χ3v) is 3.40. The summed E-state index contributed by atoms with van der Waals surface area (Å²) in [5.74, 6) is -0.333. The minimum atomic E-state index is -0.486. The third-order valence-electron chi connectivity index (χ3n) is 2.68. The predicted octanol–water partition coefficient (Wildman–Crippen LogP) is 1.88. The van der Waals surface area contributed by atoms with Crippen LogP contribution in [0.3, 0.4) is 0 Å². The van der Waals surface area contributed by atoms with E-state index in [1.807, 2.05) is 0 Å². The summed E-state index contributed by atoms with van der Waals surface area (Å²) in [6, 6.07) is 4.52. The minimum absolute atomic E-state index is 0.00398. The molecule has 1 aromatic carbocycles. The first-order chi connectivity index (χ1) is 9.47. The van der Waals surface area contributed by atoms with Gasteiger partial charge in [-0.3, -0.25) is 20.3 Å². The lowest BCUT2D eigenvalue weighted by Crippen LogP contribution is -2.23. The van der Waals surface area contributed by atoms with Gasteiger partial charge in [0.2, 0.25) is 5.91 Å². The fraction of sp³-hybridized carbons (Fsp3) is 0.167. The fourth-order valence-electron chi connectivity index (χ4n) is 1.67. The van der Waals surface area contributed by atoms with Crippen molar-refractivity contribution in [2.75, 3.05) is 5.32 Å². The van der Waals surface area contributed by atoms with Crippen LogP contribution < -0.4 is 10.1 Å². The molecular formula is C12H12N4O3S. The summed E-state index contributed by atoms with van der Waals surface area (Å²) >= 11 is 1.22. The van der Waals surface area contributed by atoms with E-state index in [1.54, 1.807) is 30.6 Å². The Balaban J connectivity index is 2.12. The van der Waals surface area contributed by atoms with Gasteiger partial charge in [0.25, 0.3) is 5.69 Å². The third kappa shape index (κ3) is 3.09. The van der Waals surface area contributed by atoms with Crippen LogP contribution in [0.5, 0.6) is 0 Å². The van der Waals surface area contributed by atoms with E-state index in [4.69, 9.17) is 5.41 Å². The van der Waals surface area contributed by atoms with Crippen molar-refractivity contribution in [3.8, 4) is 0 Å². The van der Waals surface area contributed by atoms with Crippen LogP contribution in [-0.2, 0) is 11.3 Å². The summed E-state index contributed by atoms with van der Waals surface area (Å²) in [6.45, 7) is 1.64. The molecule has 0 spiro atoms. The largest absolute Gasteiger partial charge is 0.324 e. The molecule has 0 saturated heterocycles. The van der Waals surface area contributed by atoms with E-state index in [-0.39, 0.29) is 22.9 Å². The van der Waals surface area contributed by atoms with Gasteiger partial charge in [0.1, 0.15) is 6.54 Å². The highest BCUT2D eigenvalue weighted by molar-refractivity contribution is 7.06. The van der Waals surface area contributed by atoms with Crippen molar-refractivity contribution in [1.29, 1.82) is 5.41 Å².